The standard InChI is InChI=1S/C24H18O4S3.4K/c25-15-7-1-3-9-17(15)29-19-11-5-13-21(23(19)27)31-22-14-6-12-20(24(22)28)30-18-10-4-2-8-16(18)26;;;;/h1-14,25-28H;;;;/q;4*+1/p-4. The van der Waals surface area contributed by atoms with E-state index in [4.69, 9.17) is 0 Å². The molecule has 0 aliphatic rings. The Bertz CT molecular complexity index is 1150. The van der Waals surface area contributed by atoms with Gasteiger partial charge in [0.05, 0.1) is 0 Å². The van der Waals surface area contributed by atoms with E-state index in [1.54, 1.807) is 72.8 Å². The SMILES string of the molecule is [K+].[K+].[K+].[K+].[O-]c1ccccc1Sc1cccc(Sc2cccc(Sc3ccccc3[O-])c2[O-])c1[O-]. The molecule has 0 spiro atoms. The van der Waals surface area contributed by atoms with Crippen LogP contribution < -0.4 is 226 Å². The number of para-hydroxylation sites is 4. The Hall–Kier alpha value is 3.68. The molecule has 0 aliphatic heterocycles. The van der Waals surface area contributed by atoms with Crippen molar-refractivity contribution in [1.29, 1.82) is 0 Å². The van der Waals surface area contributed by atoms with Gasteiger partial charge in [-0.15, -0.1) is 0 Å². The molecule has 0 N–H and O–H groups in total. The van der Waals surface area contributed by atoms with Gasteiger partial charge in [-0.25, -0.2) is 0 Å². The molecular formula is C24H14K4O4S3. The molecule has 0 fully saturated rings. The number of benzene rings is 4. The van der Waals surface area contributed by atoms with Gasteiger partial charge in [-0.3, -0.25) is 0 Å². The fourth-order valence-corrected chi connectivity index (χ4v) is 5.60. The molecule has 0 radical (unpaired) electrons. The second-order valence-electron chi connectivity index (χ2n) is 6.37. The van der Waals surface area contributed by atoms with Crippen LogP contribution in [0.15, 0.2) is 114 Å². The number of hydrogen-bond acceptors (Lipinski definition) is 7. The summed E-state index contributed by atoms with van der Waals surface area (Å²) >= 11 is 3.33. The van der Waals surface area contributed by atoms with Crippen LogP contribution in [0.2, 0.25) is 0 Å². The molecule has 0 saturated carbocycles. The minimum Gasteiger partial charge on any atom is -0.872 e. The van der Waals surface area contributed by atoms with E-state index in [9.17, 15) is 20.4 Å². The molecule has 0 unspecified atom stereocenters. The third-order valence-corrected chi connectivity index (χ3v) is 7.52. The molecule has 4 aromatic carbocycles. The van der Waals surface area contributed by atoms with E-state index in [0.29, 0.717) is 29.4 Å². The molecule has 0 aromatic heterocycles. The molecule has 0 atom stereocenters. The van der Waals surface area contributed by atoms with Crippen molar-refractivity contribution in [3.05, 3.63) is 84.9 Å². The van der Waals surface area contributed by atoms with Gasteiger partial charge in [0.1, 0.15) is 0 Å². The first-order valence-corrected chi connectivity index (χ1v) is 11.6. The van der Waals surface area contributed by atoms with Crippen molar-refractivity contribution in [1.82, 2.24) is 0 Å². The predicted molar refractivity (Wildman–Crippen MR) is 116 cm³/mol. The van der Waals surface area contributed by atoms with Crippen LogP contribution in [0.3, 0.4) is 0 Å². The summed E-state index contributed by atoms with van der Waals surface area (Å²) < 4.78 is 0. The van der Waals surface area contributed by atoms with Gasteiger partial charge >= 0.3 is 206 Å². The van der Waals surface area contributed by atoms with Crippen LogP contribution in [0.5, 0.6) is 23.0 Å². The van der Waals surface area contributed by atoms with E-state index in [2.05, 4.69) is 0 Å². The van der Waals surface area contributed by atoms with Crippen LogP contribution in [-0.4, -0.2) is 0 Å². The van der Waals surface area contributed by atoms with Crippen LogP contribution >= 0.6 is 35.3 Å². The second kappa shape index (κ2) is 19.7. The van der Waals surface area contributed by atoms with Crippen LogP contribution in [0, 0.1) is 0 Å². The van der Waals surface area contributed by atoms with Gasteiger partial charge in [0.2, 0.25) is 0 Å². The molecule has 0 saturated heterocycles. The van der Waals surface area contributed by atoms with Gasteiger partial charge in [0.15, 0.2) is 0 Å². The third kappa shape index (κ3) is 11.1. The van der Waals surface area contributed by atoms with E-state index in [0.717, 1.165) is 35.3 Å². The fraction of sp³-hybridized carbons (Fsp3) is 0. The van der Waals surface area contributed by atoms with Gasteiger partial charge in [0, 0.05) is 29.4 Å². The van der Waals surface area contributed by atoms with E-state index < -0.39 is 0 Å². The molecular weight excluding hydrogens is 605 g/mol. The summed E-state index contributed by atoms with van der Waals surface area (Å²) in [6.07, 6.45) is 0. The zero-order valence-electron chi connectivity index (χ0n) is 19.9. The summed E-state index contributed by atoms with van der Waals surface area (Å²) in [6.45, 7) is 0. The predicted octanol–water partition coefficient (Wildman–Crippen LogP) is -7.55. The minimum atomic E-state index is -0.233. The maximum atomic E-state index is 12.9. The Morgan fingerprint density at radius 1 is 0.343 bits per heavy atom. The van der Waals surface area contributed by atoms with Gasteiger partial charge < -0.3 is 20.4 Å². The van der Waals surface area contributed by atoms with Gasteiger partial charge in [-0.2, -0.15) is 0 Å². The van der Waals surface area contributed by atoms with E-state index in [1.165, 1.54) is 12.1 Å². The second-order valence-corrected chi connectivity index (χ2v) is 9.62. The maximum Gasteiger partial charge on any atom is 1.00 e. The molecule has 4 aromatic rings. The zero-order chi connectivity index (χ0) is 21.8. The average molecular weight is 619 g/mol. The molecule has 0 amide bonds. The Kier molecular flexibility index (Phi) is 21.8. The number of hydrogen-bond donors (Lipinski definition) is 0. The van der Waals surface area contributed by atoms with Crippen LogP contribution in [-0.2, 0) is 0 Å². The Balaban J connectivity index is 0.00000289. The van der Waals surface area contributed by atoms with Crippen molar-refractivity contribution in [3.63, 3.8) is 0 Å². The van der Waals surface area contributed by atoms with Crippen molar-refractivity contribution in [2.24, 2.45) is 0 Å². The first kappa shape index (κ1) is 38.7. The molecule has 11 heteroatoms. The summed E-state index contributed by atoms with van der Waals surface area (Å²) in [4.78, 5) is 2.59. The Morgan fingerprint density at radius 3 is 0.914 bits per heavy atom. The van der Waals surface area contributed by atoms with Crippen LogP contribution in [0.1, 0.15) is 0 Å². The van der Waals surface area contributed by atoms with Crippen LogP contribution in [0.25, 0.3) is 0 Å². The molecule has 0 aliphatic carbocycles. The summed E-state index contributed by atoms with van der Waals surface area (Å²) in [5.74, 6) is -0.753. The van der Waals surface area contributed by atoms with Crippen molar-refractivity contribution >= 4 is 35.3 Å². The minimum absolute atomic E-state index is 0. The van der Waals surface area contributed by atoms with E-state index >= 15 is 0 Å². The summed E-state index contributed by atoms with van der Waals surface area (Å²) in [6, 6.07) is 23.2. The van der Waals surface area contributed by atoms with Gasteiger partial charge in [-0.05, 0) is 36.4 Å². The largest absolute Gasteiger partial charge is 1.00 e. The molecule has 156 valence electrons. The number of rotatable bonds is 6. The third-order valence-electron chi connectivity index (χ3n) is 4.24. The fourth-order valence-electron chi connectivity index (χ4n) is 2.74. The molecule has 0 bridgehead atoms. The molecule has 0 heterocycles. The quantitative estimate of drug-likeness (QED) is 0.198. The molecule has 4 rings (SSSR count). The monoisotopic (exact) mass is 618 g/mol. The van der Waals surface area contributed by atoms with Crippen molar-refractivity contribution in [2.75, 3.05) is 0 Å². The van der Waals surface area contributed by atoms with Crippen LogP contribution in [0.4, 0.5) is 0 Å². The van der Waals surface area contributed by atoms with E-state index in [-0.39, 0.29) is 229 Å². The van der Waals surface area contributed by atoms with Crippen molar-refractivity contribution in [3.8, 4) is 23.0 Å². The first-order chi connectivity index (χ1) is 15.0. The zero-order valence-corrected chi connectivity index (χ0v) is 34.9. The Labute approximate surface area is 388 Å². The molecule has 35 heavy (non-hydrogen) atoms. The van der Waals surface area contributed by atoms with Crippen molar-refractivity contribution < 1.29 is 226 Å². The normalized spacial score (nSPS) is 9.60. The van der Waals surface area contributed by atoms with E-state index in [1.807, 2.05) is 0 Å². The summed E-state index contributed by atoms with van der Waals surface area (Å²) in [5, 5.41) is 49.8. The van der Waals surface area contributed by atoms with Crippen molar-refractivity contribution in [2.45, 2.75) is 29.4 Å². The summed E-state index contributed by atoms with van der Waals surface area (Å²) in [5.41, 5.74) is 0. The van der Waals surface area contributed by atoms with Gasteiger partial charge in [-0.1, -0.05) is 107 Å². The van der Waals surface area contributed by atoms with Gasteiger partial charge in [0.25, 0.3) is 0 Å². The Morgan fingerprint density at radius 2 is 0.600 bits per heavy atom. The summed E-state index contributed by atoms with van der Waals surface area (Å²) in [7, 11) is 0. The first-order valence-electron chi connectivity index (χ1n) is 9.18. The smallest absolute Gasteiger partial charge is 0.872 e. The molecule has 4 nitrogen and oxygen atoms in total. The maximum absolute atomic E-state index is 12.9. The topological polar surface area (TPSA) is 92.2 Å². The average Bonchev–Trinajstić information content (AvgIpc) is 2.76.